The van der Waals surface area contributed by atoms with E-state index in [9.17, 15) is 5.11 Å². The van der Waals surface area contributed by atoms with Crippen molar-refractivity contribution in [2.24, 2.45) is 5.92 Å². The van der Waals surface area contributed by atoms with Gasteiger partial charge in [-0.25, -0.2) is 0 Å². The number of aliphatic hydroxyl groups excluding tert-OH is 1. The number of aliphatic hydroxyl groups is 1. The Labute approximate surface area is 161 Å². The largest absolute Gasteiger partial charge is 1.00 e. The van der Waals surface area contributed by atoms with Crippen LogP contribution >= 0.6 is 0 Å². The fraction of sp³-hybridized carbons (Fsp3) is 1.00. The van der Waals surface area contributed by atoms with Gasteiger partial charge in [0.15, 0.2) is 0 Å². The maximum atomic E-state index is 10.1. The average molecular weight is 404 g/mol. The summed E-state index contributed by atoms with van der Waals surface area (Å²) in [5.74, 6) is 0.636. The molecule has 0 aliphatic carbocycles. The van der Waals surface area contributed by atoms with E-state index in [1.54, 1.807) is 0 Å². The molecule has 2 nitrogen and oxygen atoms in total. The smallest absolute Gasteiger partial charge is 0.106 e. The Kier molecular flexibility index (Phi) is 11.9. The molecule has 3 aliphatic rings. The number of piperidine rings is 3. The summed E-state index contributed by atoms with van der Waals surface area (Å²) in [7, 11) is 0. The molecule has 0 aromatic rings. The van der Waals surface area contributed by atoms with Gasteiger partial charge in [0, 0.05) is 18.8 Å². The van der Waals surface area contributed by atoms with Gasteiger partial charge in [-0.2, -0.15) is 0 Å². The van der Waals surface area contributed by atoms with Crippen molar-refractivity contribution in [1.82, 2.24) is 0 Å². The highest BCUT2D eigenvalue weighted by atomic mass is 79.9. The lowest BCUT2D eigenvalue weighted by molar-refractivity contribution is -0.946. The Bertz CT molecular complexity index is 302. The number of hydrogen-bond acceptors (Lipinski definition) is 1. The van der Waals surface area contributed by atoms with E-state index in [1.807, 2.05) is 0 Å². The molecule has 2 bridgehead atoms. The van der Waals surface area contributed by atoms with E-state index < -0.39 is 0 Å². The lowest BCUT2D eigenvalue weighted by atomic mass is 9.83. The Hall–Kier alpha value is 0.400. The van der Waals surface area contributed by atoms with Crippen LogP contribution in [-0.2, 0) is 0 Å². The highest BCUT2D eigenvalue weighted by Crippen LogP contribution is 2.34. The average Bonchev–Trinajstić information content (AvgIpc) is 2.56. The molecule has 3 saturated heterocycles. The molecule has 3 rings (SSSR count). The Balaban J connectivity index is 0.00000288. The third-order valence-corrected chi connectivity index (χ3v) is 6.55. The summed E-state index contributed by atoms with van der Waals surface area (Å²) in [5.41, 5.74) is 0. The van der Waals surface area contributed by atoms with Crippen molar-refractivity contribution >= 4 is 0 Å². The number of quaternary nitrogens is 1. The van der Waals surface area contributed by atoms with Gasteiger partial charge in [0.25, 0.3) is 0 Å². The molecule has 3 heterocycles. The molecule has 0 radical (unpaired) electrons. The molecule has 0 amide bonds. The molecular weight excluding hydrogens is 362 g/mol. The summed E-state index contributed by atoms with van der Waals surface area (Å²) in [4.78, 5) is 0. The summed E-state index contributed by atoms with van der Waals surface area (Å²) in [6.45, 7) is 7.38. The number of fused-ring (bicyclic) bond motifs is 3. The number of rotatable bonds is 13. The van der Waals surface area contributed by atoms with Gasteiger partial charge in [-0.1, -0.05) is 71.1 Å². The zero-order valence-corrected chi connectivity index (χ0v) is 17.7. The first-order valence-corrected chi connectivity index (χ1v) is 10.8. The second kappa shape index (κ2) is 12.7. The van der Waals surface area contributed by atoms with Crippen LogP contribution in [0.15, 0.2) is 0 Å². The van der Waals surface area contributed by atoms with Crippen molar-refractivity contribution in [3.8, 4) is 0 Å². The van der Waals surface area contributed by atoms with E-state index in [-0.39, 0.29) is 23.1 Å². The van der Waals surface area contributed by atoms with Crippen LogP contribution in [0.25, 0.3) is 0 Å². The van der Waals surface area contributed by atoms with E-state index >= 15 is 0 Å². The number of halogens is 1. The highest BCUT2D eigenvalue weighted by Gasteiger charge is 2.44. The lowest BCUT2D eigenvalue weighted by Crippen LogP contribution is -3.00. The Morgan fingerprint density at radius 1 is 0.750 bits per heavy atom. The third-order valence-electron chi connectivity index (χ3n) is 6.55. The zero-order valence-electron chi connectivity index (χ0n) is 16.2. The molecular formula is C21H42BrNO. The van der Waals surface area contributed by atoms with Gasteiger partial charge in [0.05, 0.1) is 19.6 Å². The molecule has 0 aromatic heterocycles. The van der Waals surface area contributed by atoms with Gasteiger partial charge in [-0.05, 0) is 12.8 Å². The monoisotopic (exact) mass is 403 g/mol. The molecule has 3 heteroatoms. The molecule has 24 heavy (non-hydrogen) atoms. The molecule has 0 spiro atoms. The van der Waals surface area contributed by atoms with Crippen LogP contribution in [-0.4, -0.2) is 41.9 Å². The normalized spacial score (nSPS) is 28.8. The number of hydrogen-bond donors (Lipinski definition) is 1. The predicted octanol–water partition coefficient (Wildman–Crippen LogP) is 2.29. The maximum absolute atomic E-state index is 10.1. The topological polar surface area (TPSA) is 20.2 Å². The van der Waals surface area contributed by atoms with Crippen molar-refractivity contribution in [2.75, 3.05) is 26.2 Å². The van der Waals surface area contributed by atoms with Crippen LogP contribution in [0.5, 0.6) is 0 Å². The molecule has 144 valence electrons. The molecule has 3 fully saturated rings. The van der Waals surface area contributed by atoms with Crippen molar-refractivity contribution < 1.29 is 26.6 Å². The molecule has 1 unspecified atom stereocenters. The fourth-order valence-electron chi connectivity index (χ4n) is 4.85. The molecule has 1 atom stereocenters. The lowest BCUT2D eigenvalue weighted by Gasteiger charge is -2.51. The van der Waals surface area contributed by atoms with E-state index in [0.717, 1.165) is 6.54 Å². The first-order chi connectivity index (χ1) is 11.3. The standard InChI is InChI=1S/C21H42NO.BrH/c1-2-3-4-5-6-7-8-9-10-11-12-13-16-22-17-14-20(15-18-22)21(23)19-22;/h20-21,23H,2-19H2,1H3;1H/q+1;/p-1. The van der Waals surface area contributed by atoms with E-state index in [2.05, 4.69) is 6.92 Å². The van der Waals surface area contributed by atoms with Crippen molar-refractivity contribution in [1.29, 1.82) is 0 Å². The van der Waals surface area contributed by atoms with Crippen molar-refractivity contribution in [3.63, 3.8) is 0 Å². The summed E-state index contributed by atoms with van der Waals surface area (Å²) in [6, 6.07) is 0. The predicted molar refractivity (Wildman–Crippen MR) is 99.5 cm³/mol. The van der Waals surface area contributed by atoms with Crippen LogP contribution in [0.3, 0.4) is 0 Å². The second-order valence-electron chi connectivity index (χ2n) is 8.49. The van der Waals surface area contributed by atoms with Crippen LogP contribution in [0.1, 0.15) is 96.8 Å². The first kappa shape index (κ1) is 22.4. The fourth-order valence-corrected chi connectivity index (χ4v) is 4.85. The molecule has 3 aliphatic heterocycles. The van der Waals surface area contributed by atoms with Crippen LogP contribution in [0.4, 0.5) is 0 Å². The van der Waals surface area contributed by atoms with E-state index in [0.29, 0.717) is 5.92 Å². The van der Waals surface area contributed by atoms with Gasteiger partial charge < -0.3 is 26.6 Å². The van der Waals surface area contributed by atoms with E-state index in [4.69, 9.17) is 0 Å². The van der Waals surface area contributed by atoms with Crippen LogP contribution in [0.2, 0.25) is 0 Å². The van der Waals surface area contributed by atoms with Gasteiger partial charge in [0.2, 0.25) is 0 Å². The molecule has 1 N–H and O–H groups in total. The Morgan fingerprint density at radius 2 is 1.21 bits per heavy atom. The van der Waals surface area contributed by atoms with Crippen LogP contribution in [0, 0.1) is 5.92 Å². The summed E-state index contributed by atoms with van der Waals surface area (Å²) in [6.07, 6.45) is 19.8. The van der Waals surface area contributed by atoms with Crippen molar-refractivity contribution in [3.05, 3.63) is 0 Å². The Morgan fingerprint density at radius 3 is 1.67 bits per heavy atom. The van der Waals surface area contributed by atoms with E-state index in [1.165, 1.54) is 114 Å². The minimum absolute atomic E-state index is 0. The second-order valence-corrected chi connectivity index (χ2v) is 8.49. The van der Waals surface area contributed by atoms with Crippen LogP contribution < -0.4 is 17.0 Å². The summed E-state index contributed by atoms with van der Waals surface area (Å²) < 4.78 is 1.25. The number of unbranched alkanes of at least 4 members (excludes halogenated alkanes) is 11. The zero-order chi connectivity index (χ0) is 16.4. The SMILES string of the molecule is CCCCCCCCCCCCCC[N+]12CCC(CC1)C(O)C2.[Br-]. The summed E-state index contributed by atoms with van der Waals surface area (Å²) in [5, 5.41) is 10.1. The highest BCUT2D eigenvalue weighted by molar-refractivity contribution is 4.79. The van der Waals surface area contributed by atoms with Crippen molar-refractivity contribution in [2.45, 2.75) is 103 Å². The minimum atomic E-state index is 0. The number of nitrogens with zero attached hydrogens (tertiary/aromatic N) is 1. The first-order valence-electron chi connectivity index (χ1n) is 10.8. The maximum Gasteiger partial charge on any atom is 0.106 e. The van der Waals surface area contributed by atoms with Gasteiger partial charge >= 0.3 is 0 Å². The van der Waals surface area contributed by atoms with Gasteiger partial charge in [-0.3, -0.25) is 0 Å². The quantitative estimate of drug-likeness (QED) is 0.369. The molecule has 0 aromatic carbocycles. The van der Waals surface area contributed by atoms with Gasteiger partial charge in [0.1, 0.15) is 12.6 Å². The molecule has 0 saturated carbocycles. The minimum Gasteiger partial charge on any atom is -1.00 e. The van der Waals surface area contributed by atoms with Gasteiger partial charge in [-0.15, -0.1) is 0 Å². The summed E-state index contributed by atoms with van der Waals surface area (Å²) >= 11 is 0. The third kappa shape index (κ3) is 7.74.